The Morgan fingerprint density at radius 3 is 2.79 bits per heavy atom. The molecule has 2 aromatic rings. The topological polar surface area (TPSA) is 70.9 Å². The quantitative estimate of drug-likeness (QED) is 0.790. The van der Waals surface area contributed by atoms with Crippen molar-refractivity contribution in [1.29, 1.82) is 0 Å². The van der Waals surface area contributed by atoms with Crippen LogP contribution >= 0.6 is 0 Å². The first kappa shape index (κ1) is 13.6. The van der Waals surface area contributed by atoms with Crippen LogP contribution in [0.3, 0.4) is 0 Å². The second-order valence-corrected chi connectivity index (χ2v) is 5.48. The predicted molar refractivity (Wildman–Crippen MR) is 79.1 cm³/mol. The largest absolute Gasteiger partial charge is 0.359 e. The molecule has 0 saturated heterocycles. The Kier molecular flexibility index (Phi) is 3.90. The molecule has 0 saturated carbocycles. The number of carbonyl (C=O) groups excluding carboxylic acids is 1. The highest BCUT2D eigenvalue weighted by atomic mass is 16.2. The van der Waals surface area contributed by atoms with Crippen LogP contribution in [0.1, 0.15) is 26.0 Å². The lowest BCUT2D eigenvalue weighted by Crippen LogP contribution is -2.36. The number of fused-ring (bicyclic) bond motifs is 1. The highest BCUT2D eigenvalue weighted by Gasteiger charge is 2.15. The van der Waals surface area contributed by atoms with Crippen LogP contribution in [0.25, 0.3) is 10.9 Å². The summed E-state index contributed by atoms with van der Waals surface area (Å²) in [4.78, 5) is 15.2. The van der Waals surface area contributed by atoms with Crippen LogP contribution in [0.5, 0.6) is 0 Å². The van der Waals surface area contributed by atoms with E-state index in [4.69, 9.17) is 5.73 Å². The van der Waals surface area contributed by atoms with Gasteiger partial charge in [-0.05, 0) is 43.5 Å². The lowest BCUT2D eigenvalue weighted by molar-refractivity contribution is -0.117. The Hall–Kier alpha value is -1.81. The summed E-state index contributed by atoms with van der Waals surface area (Å²) in [7, 11) is 0. The van der Waals surface area contributed by atoms with Crippen LogP contribution in [-0.4, -0.2) is 16.9 Å². The lowest BCUT2D eigenvalue weighted by Gasteiger charge is -2.14. The first-order valence-electron chi connectivity index (χ1n) is 6.61. The molecule has 4 N–H and O–H groups in total. The maximum absolute atomic E-state index is 11.9. The number of aryl methyl sites for hydroxylation is 1. The maximum Gasteiger partial charge on any atom is 0.241 e. The Morgan fingerprint density at radius 1 is 1.37 bits per heavy atom. The molecule has 1 amide bonds. The van der Waals surface area contributed by atoms with Crippen molar-refractivity contribution in [3.05, 3.63) is 30.0 Å². The summed E-state index contributed by atoms with van der Waals surface area (Å²) in [5.41, 5.74) is 8.83. The molecule has 0 radical (unpaired) electrons. The minimum Gasteiger partial charge on any atom is -0.359 e. The normalized spacial score (nSPS) is 12.9. The molecule has 1 aromatic heterocycles. The third-order valence-electron chi connectivity index (χ3n) is 3.09. The van der Waals surface area contributed by atoms with Crippen molar-refractivity contribution in [2.24, 2.45) is 11.7 Å². The van der Waals surface area contributed by atoms with Gasteiger partial charge < -0.3 is 16.0 Å². The zero-order chi connectivity index (χ0) is 14.0. The zero-order valence-corrected chi connectivity index (χ0v) is 11.7. The van der Waals surface area contributed by atoms with Gasteiger partial charge in [0, 0.05) is 22.3 Å². The van der Waals surface area contributed by atoms with Crippen molar-refractivity contribution in [1.82, 2.24) is 4.98 Å². The van der Waals surface area contributed by atoms with Crippen molar-refractivity contribution in [2.45, 2.75) is 33.2 Å². The number of aromatic amines is 1. The molecule has 0 unspecified atom stereocenters. The van der Waals surface area contributed by atoms with Crippen LogP contribution in [0.2, 0.25) is 0 Å². The SMILES string of the molecule is Cc1cc2cc(NC(=O)[C@@H](N)CC(C)C)ccc2[nH]1. The van der Waals surface area contributed by atoms with Gasteiger partial charge >= 0.3 is 0 Å². The van der Waals surface area contributed by atoms with E-state index in [1.54, 1.807) is 0 Å². The number of nitrogens with two attached hydrogens (primary N) is 1. The molecule has 0 bridgehead atoms. The monoisotopic (exact) mass is 259 g/mol. The molecule has 19 heavy (non-hydrogen) atoms. The number of aromatic nitrogens is 1. The average Bonchev–Trinajstić information content (AvgIpc) is 2.67. The van der Waals surface area contributed by atoms with Crippen LogP contribution in [0, 0.1) is 12.8 Å². The van der Waals surface area contributed by atoms with Crippen LogP contribution in [-0.2, 0) is 4.79 Å². The summed E-state index contributed by atoms with van der Waals surface area (Å²) in [6, 6.07) is 7.41. The van der Waals surface area contributed by atoms with E-state index < -0.39 is 6.04 Å². The lowest BCUT2D eigenvalue weighted by atomic mass is 10.0. The first-order valence-corrected chi connectivity index (χ1v) is 6.61. The molecule has 1 aromatic carbocycles. The number of hydrogen-bond donors (Lipinski definition) is 3. The highest BCUT2D eigenvalue weighted by Crippen LogP contribution is 2.20. The number of hydrogen-bond acceptors (Lipinski definition) is 2. The number of carbonyl (C=O) groups is 1. The Balaban J connectivity index is 2.10. The fourth-order valence-electron chi connectivity index (χ4n) is 2.21. The van der Waals surface area contributed by atoms with Gasteiger partial charge in [0.15, 0.2) is 0 Å². The van der Waals surface area contributed by atoms with Gasteiger partial charge in [-0.25, -0.2) is 0 Å². The molecule has 4 nitrogen and oxygen atoms in total. The molecule has 4 heteroatoms. The summed E-state index contributed by atoms with van der Waals surface area (Å²) in [6.45, 7) is 6.13. The number of rotatable bonds is 4. The number of anilines is 1. The first-order chi connectivity index (χ1) is 8.95. The molecule has 0 spiro atoms. The fraction of sp³-hybridized carbons (Fsp3) is 0.400. The highest BCUT2D eigenvalue weighted by molar-refractivity contribution is 5.96. The standard InChI is InChI=1S/C15H21N3O/c1-9(2)6-13(16)15(19)18-12-4-5-14-11(8-12)7-10(3)17-14/h4-5,7-9,13,17H,6,16H2,1-3H3,(H,18,19)/t13-/m0/s1. The Labute approximate surface area is 113 Å². The van der Waals surface area contributed by atoms with E-state index >= 15 is 0 Å². The summed E-state index contributed by atoms with van der Waals surface area (Å²) in [5.74, 6) is 0.288. The predicted octanol–water partition coefficient (Wildman–Crippen LogP) is 2.79. The van der Waals surface area contributed by atoms with Gasteiger partial charge in [-0.15, -0.1) is 0 Å². The molecule has 0 aliphatic carbocycles. The molecule has 0 fully saturated rings. The van der Waals surface area contributed by atoms with Crippen molar-refractivity contribution in [2.75, 3.05) is 5.32 Å². The van der Waals surface area contributed by atoms with Crippen molar-refractivity contribution in [3.8, 4) is 0 Å². The number of nitrogens with one attached hydrogen (secondary N) is 2. The smallest absolute Gasteiger partial charge is 0.241 e. The van der Waals surface area contributed by atoms with E-state index in [0.717, 1.165) is 22.3 Å². The van der Waals surface area contributed by atoms with Gasteiger partial charge in [0.2, 0.25) is 5.91 Å². The van der Waals surface area contributed by atoms with E-state index in [1.807, 2.05) is 25.1 Å². The molecule has 2 rings (SSSR count). The van der Waals surface area contributed by atoms with E-state index in [-0.39, 0.29) is 5.91 Å². The van der Waals surface area contributed by atoms with E-state index in [1.165, 1.54) is 0 Å². The summed E-state index contributed by atoms with van der Waals surface area (Å²) in [6.07, 6.45) is 0.692. The van der Waals surface area contributed by atoms with Gasteiger partial charge in [-0.1, -0.05) is 13.8 Å². The molecule has 0 aliphatic rings. The van der Waals surface area contributed by atoms with E-state index in [9.17, 15) is 4.79 Å². The molecule has 0 aliphatic heterocycles. The van der Waals surface area contributed by atoms with E-state index in [2.05, 4.69) is 30.2 Å². The Morgan fingerprint density at radius 2 is 2.11 bits per heavy atom. The van der Waals surface area contributed by atoms with Crippen molar-refractivity contribution < 1.29 is 4.79 Å². The van der Waals surface area contributed by atoms with Crippen LogP contribution in [0.15, 0.2) is 24.3 Å². The summed E-state index contributed by atoms with van der Waals surface area (Å²) < 4.78 is 0. The minimum atomic E-state index is -0.455. The van der Waals surface area contributed by atoms with Crippen molar-refractivity contribution >= 4 is 22.5 Å². The van der Waals surface area contributed by atoms with Gasteiger partial charge in [0.05, 0.1) is 6.04 Å². The van der Waals surface area contributed by atoms with Crippen LogP contribution in [0.4, 0.5) is 5.69 Å². The third kappa shape index (κ3) is 3.35. The second kappa shape index (κ2) is 5.45. The van der Waals surface area contributed by atoms with Crippen LogP contribution < -0.4 is 11.1 Å². The van der Waals surface area contributed by atoms with Gasteiger partial charge in [-0.3, -0.25) is 4.79 Å². The van der Waals surface area contributed by atoms with Gasteiger partial charge in [0.1, 0.15) is 0 Å². The Bertz CT molecular complexity index is 586. The van der Waals surface area contributed by atoms with Gasteiger partial charge in [0.25, 0.3) is 0 Å². The third-order valence-corrected chi connectivity index (χ3v) is 3.09. The second-order valence-electron chi connectivity index (χ2n) is 5.48. The summed E-state index contributed by atoms with van der Waals surface area (Å²) >= 11 is 0. The molecular formula is C15H21N3O. The van der Waals surface area contributed by atoms with E-state index in [0.29, 0.717) is 12.3 Å². The minimum absolute atomic E-state index is 0.125. The molecule has 102 valence electrons. The number of amides is 1. The molecule has 1 atom stereocenters. The van der Waals surface area contributed by atoms with Gasteiger partial charge in [-0.2, -0.15) is 0 Å². The number of H-pyrrole nitrogens is 1. The molecule has 1 heterocycles. The molecular weight excluding hydrogens is 238 g/mol. The zero-order valence-electron chi connectivity index (χ0n) is 11.7. The summed E-state index contributed by atoms with van der Waals surface area (Å²) in [5, 5.41) is 3.96. The average molecular weight is 259 g/mol. The maximum atomic E-state index is 11.9. The van der Waals surface area contributed by atoms with Crippen molar-refractivity contribution in [3.63, 3.8) is 0 Å². The fourth-order valence-corrected chi connectivity index (χ4v) is 2.21. The number of benzene rings is 1.